The lowest BCUT2D eigenvalue weighted by atomic mass is 10.1. The van der Waals surface area contributed by atoms with Crippen LogP contribution in [0, 0.1) is 6.92 Å². The maximum atomic E-state index is 12.5. The molecule has 1 aliphatic carbocycles. The summed E-state index contributed by atoms with van der Waals surface area (Å²) in [6, 6.07) is 5.37. The van der Waals surface area contributed by atoms with Gasteiger partial charge < -0.3 is 15.6 Å². The number of carbonyl (C=O) groups is 2. The topological polar surface area (TPSA) is 104 Å². The molecule has 0 saturated heterocycles. The second-order valence-corrected chi connectivity index (χ2v) is 9.67. The quantitative estimate of drug-likeness (QED) is 0.473. The lowest BCUT2D eigenvalue weighted by molar-refractivity contribution is -0.115. The Bertz CT molecular complexity index is 1220. The molecular weight excluding hydrogens is 432 g/mol. The summed E-state index contributed by atoms with van der Waals surface area (Å²) in [4.78, 5) is 46.7. The van der Waals surface area contributed by atoms with Crippen LogP contribution in [0.25, 0.3) is 10.2 Å². The fraction of sp³-hybridized carbons (Fsp3) is 0.364. The highest BCUT2D eigenvalue weighted by molar-refractivity contribution is 7.98. The van der Waals surface area contributed by atoms with Gasteiger partial charge >= 0.3 is 0 Å². The first-order valence-electron chi connectivity index (χ1n) is 10.2. The average Bonchev–Trinajstić information content (AvgIpc) is 3.31. The van der Waals surface area contributed by atoms with Crippen LogP contribution in [0.1, 0.15) is 45.0 Å². The van der Waals surface area contributed by atoms with Gasteiger partial charge in [-0.3, -0.25) is 14.4 Å². The van der Waals surface area contributed by atoms with Crippen molar-refractivity contribution in [2.24, 2.45) is 0 Å². The van der Waals surface area contributed by atoms with Crippen LogP contribution in [0.15, 0.2) is 23.0 Å². The number of carbonyl (C=O) groups excluding carboxylic acids is 2. The predicted octanol–water partition coefficient (Wildman–Crippen LogP) is 3.40. The minimum atomic E-state index is -0.229. The van der Waals surface area contributed by atoms with Gasteiger partial charge in [-0.15, -0.1) is 11.3 Å². The third-order valence-electron chi connectivity index (χ3n) is 5.34. The first kappa shape index (κ1) is 21.6. The van der Waals surface area contributed by atoms with Crippen LogP contribution in [0.4, 0.5) is 5.69 Å². The van der Waals surface area contributed by atoms with E-state index in [1.165, 1.54) is 10.4 Å². The third kappa shape index (κ3) is 4.52. The van der Waals surface area contributed by atoms with Gasteiger partial charge in [0.15, 0.2) is 0 Å². The minimum absolute atomic E-state index is 0.0566. The highest BCUT2D eigenvalue weighted by Crippen LogP contribution is 2.34. The van der Waals surface area contributed by atoms with Gasteiger partial charge in [0.25, 0.3) is 11.5 Å². The molecule has 0 aliphatic heterocycles. The van der Waals surface area contributed by atoms with E-state index in [1.807, 2.05) is 19.1 Å². The zero-order valence-electron chi connectivity index (χ0n) is 17.5. The molecule has 9 heteroatoms. The second-order valence-electron chi connectivity index (χ2n) is 7.48. The van der Waals surface area contributed by atoms with Crippen LogP contribution in [0.5, 0.6) is 0 Å². The van der Waals surface area contributed by atoms with E-state index in [0.29, 0.717) is 35.0 Å². The van der Waals surface area contributed by atoms with Gasteiger partial charge in [0, 0.05) is 24.1 Å². The molecule has 2 heterocycles. The maximum absolute atomic E-state index is 12.5. The van der Waals surface area contributed by atoms with E-state index in [2.05, 4.69) is 20.6 Å². The van der Waals surface area contributed by atoms with Crippen LogP contribution >= 0.6 is 23.1 Å². The van der Waals surface area contributed by atoms with Gasteiger partial charge in [-0.1, -0.05) is 12.1 Å². The fourth-order valence-corrected chi connectivity index (χ4v) is 5.94. The Kier molecular flexibility index (Phi) is 6.43. The molecule has 1 aliphatic rings. The number of aromatic nitrogens is 2. The SMILES string of the molecule is CNC(=O)c1c(C)cccc1NC(=O)CCSCc1nc2sc3c(c2c(=O)[nH]1)CCC3. The number of aryl methyl sites for hydroxylation is 3. The Morgan fingerprint density at radius 1 is 1.29 bits per heavy atom. The molecule has 0 radical (unpaired) electrons. The minimum Gasteiger partial charge on any atom is -0.355 e. The molecule has 0 atom stereocenters. The molecule has 0 fully saturated rings. The average molecular weight is 457 g/mol. The lowest BCUT2D eigenvalue weighted by Crippen LogP contribution is -2.22. The third-order valence-corrected chi connectivity index (χ3v) is 7.49. The Morgan fingerprint density at radius 3 is 2.94 bits per heavy atom. The predicted molar refractivity (Wildman–Crippen MR) is 126 cm³/mol. The highest BCUT2D eigenvalue weighted by Gasteiger charge is 2.21. The molecule has 0 unspecified atom stereocenters. The van der Waals surface area contributed by atoms with Crippen molar-refractivity contribution in [2.75, 3.05) is 18.1 Å². The molecule has 3 aromatic rings. The summed E-state index contributed by atoms with van der Waals surface area (Å²) in [5.74, 6) is 1.37. The van der Waals surface area contributed by atoms with Crippen molar-refractivity contribution >= 4 is 50.8 Å². The maximum Gasteiger partial charge on any atom is 0.259 e. The molecule has 1 aromatic carbocycles. The van der Waals surface area contributed by atoms with Gasteiger partial charge in [-0.2, -0.15) is 11.8 Å². The zero-order valence-corrected chi connectivity index (χ0v) is 19.1. The number of hydrogen-bond donors (Lipinski definition) is 3. The van der Waals surface area contributed by atoms with Gasteiger partial charge in [-0.25, -0.2) is 4.98 Å². The largest absolute Gasteiger partial charge is 0.355 e. The van der Waals surface area contributed by atoms with Crippen molar-refractivity contribution in [3.63, 3.8) is 0 Å². The van der Waals surface area contributed by atoms with Crippen molar-refractivity contribution in [3.05, 3.63) is 55.9 Å². The molecule has 31 heavy (non-hydrogen) atoms. The summed E-state index contributed by atoms with van der Waals surface area (Å²) in [6.07, 6.45) is 3.42. The van der Waals surface area contributed by atoms with E-state index in [-0.39, 0.29) is 17.4 Å². The number of anilines is 1. The number of benzene rings is 1. The number of hydrogen-bond acceptors (Lipinski definition) is 6. The number of nitrogens with one attached hydrogen (secondary N) is 3. The second kappa shape index (κ2) is 9.23. The number of nitrogens with zero attached hydrogens (tertiary/aromatic N) is 1. The number of thioether (sulfide) groups is 1. The van der Waals surface area contributed by atoms with E-state index < -0.39 is 0 Å². The van der Waals surface area contributed by atoms with Crippen molar-refractivity contribution in [1.29, 1.82) is 0 Å². The molecule has 162 valence electrons. The van der Waals surface area contributed by atoms with Gasteiger partial charge in [0.05, 0.1) is 22.4 Å². The molecule has 2 aromatic heterocycles. The number of thiophene rings is 1. The molecule has 3 N–H and O–H groups in total. The molecule has 4 rings (SSSR count). The molecule has 0 spiro atoms. The van der Waals surface area contributed by atoms with Crippen molar-refractivity contribution < 1.29 is 9.59 Å². The van der Waals surface area contributed by atoms with Crippen LogP contribution in [0.3, 0.4) is 0 Å². The smallest absolute Gasteiger partial charge is 0.259 e. The van der Waals surface area contributed by atoms with Crippen LogP contribution in [-0.4, -0.2) is 34.6 Å². The number of aromatic amines is 1. The van der Waals surface area contributed by atoms with Crippen LogP contribution in [0.2, 0.25) is 0 Å². The summed E-state index contributed by atoms with van der Waals surface area (Å²) >= 11 is 3.17. The van der Waals surface area contributed by atoms with E-state index in [4.69, 9.17) is 0 Å². The summed E-state index contributed by atoms with van der Waals surface area (Å²) in [7, 11) is 1.57. The number of amides is 2. The number of rotatable bonds is 7. The van der Waals surface area contributed by atoms with Crippen molar-refractivity contribution in [2.45, 2.75) is 38.4 Å². The first-order chi connectivity index (χ1) is 15.0. The molecule has 2 amide bonds. The monoisotopic (exact) mass is 456 g/mol. The van der Waals surface area contributed by atoms with E-state index >= 15 is 0 Å². The zero-order chi connectivity index (χ0) is 22.0. The number of H-pyrrole nitrogens is 1. The van der Waals surface area contributed by atoms with Gasteiger partial charge in [0.1, 0.15) is 10.7 Å². The molecule has 0 bridgehead atoms. The Morgan fingerprint density at radius 2 is 2.13 bits per heavy atom. The van der Waals surface area contributed by atoms with Crippen LogP contribution < -0.4 is 16.2 Å². The summed E-state index contributed by atoms with van der Waals surface area (Å²) < 4.78 is 0. The fourth-order valence-electron chi connectivity index (χ4n) is 3.86. The van der Waals surface area contributed by atoms with E-state index in [9.17, 15) is 14.4 Å². The first-order valence-corrected chi connectivity index (χ1v) is 12.2. The Labute approximate surface area is 188 Å². The van der Waals surface area contributed by atoms with Crippen molar-refractivity contribution in [3.8, 4) is 0 Å². The van der Waals surface area contributed by atoms with Crippen molar-refractivity contribution in [1.82, 2.24) is 15.3 Å². The summed E-state index contributed by atoms with van der Waals surface area (Å²) in [6.45, 7) is 1.84. The van der Waals surface area contributed by atoms with Crippen LogP contribution in [-0.2, 0) is 23.4 Å². The lowest BCUT2D eigenvalue weighted by Gasteiger charge is -2.12. The Balaban J connectivity index is 1.33. The molecule has 0 saturated carbocycles. The normalized spacial score (nSPS) is 12.7. The van der Waals surface area contributed by atoms with E-state index in [0.717, 1.165) is 35.0 Å². The Hall–Kier alpha value is -2.65. The summed E-state index contributed by atoms with van der Waals surface area (Å²) in [5, 5.41) is 6.20. The van der Waals surface area contributed by atoms with Gasteiger partial charge in [0.2, 0.25) is 5.91 Å². The standard InChI is InChI=1S/C22H24N4O3S2/c1-12-5-3-7-14(18(12)20(28)23-2)24-17(27)9-10-30-11-16-25-21(29)19-13-6-4-8-15(13)31-22(19)26-16/h3,5,7H,4,6,8-11H2,1-2H3,(H,23,28)(H,24,27)(H,25,26,29). The van der Waals surface area contributed by atoms with E-state index in [1.54, 1.807) is 36.2 Å². The highest BCUT2D eigenvalue weighted by atomic mass is 32.2. The molecule has 7 nitrogen and oxygen atoms in total. The van der Waals surface area contributed by atoms with Gasteiger partial charge in [-0.05, 0) is 43.4 Å². The molecular formula is C22H24N4O3S2. The summed E-state index contributed by atoms with van der Waals surface area (Å²) in [5.41, 5.74) is 2.91. The number of fused-ring (bicyclic) bond motifs is 3.